The third kappa shape index (κ3) is 2.06. The molecule has 0 saturated heterocycles. The number of aromatic carboxylic acids is 1. The highest BCUT2D eigenvalue weighted by atomic mass is 16.4. The summed E-state index contributed by atoms with van der Waals surface area (Å²) < 4.78 is 1.65. The Hall–Kier alpha value is -2.35. The van der Waals surface area contributed by atoms with Crippen molar-refractivity contribution in [2.24, 2.45) is 0 Å². The van der Waals surface area contributed by atoms with Crippen LogP contribution in [0.4, 0.5) is 0 Å². The smallest absolute Gasteiger partial charge is 0.356 e. The van der Waals surface area contributed by atoms with E-state index in [1.165, 1.54) is 6.20 Å². The Bertz CT molecular complexity index is 663. The molecule has 0 atom stereocenters. The highest BCUT2D eigenvalue weighted by Gasteiger charge is 2.28. The first-order valence-electron chi connectivity index (χ1n) is 6.20. The summed E-state index contributed by atoms with van der Waals surface area (Å²) in [7, 11) is 0. The molecule has 0 unspecified atom stereocenters. The van der Waals surface area contributed by atoms with Gasteiger partial charge in [-0.2, -0.15) is 5.26 Å². The first kappa shape index (κ1) is 13.1. The summed E-state index contributed by atoms with van der Waals surface area (Å²) in [6, 6.07) is 6.02. The lowest BCUT2D eigenvalue weighted by Gasteiger charge is -2.23. The maximum absolute atomic E-state index is 10.9. The molecule has 5 nitrogen and oxygen atoms in total. The normalized spacial score (nSPS) is 11.4. The Morgan fingerprint density at radius 1 is 1.53 bits per heavy atom. The molecule has 0 aliphatic rings. The molecule has 0 amide bonds. The molecule has 0 saturated carbocycles. The van der Waals surface area contributed by atoms with Crippen LogP contribution in [0.2, 0.25) is 0 Å². The Labute approximate surface area is 111 Å². The van der Waals surface area contributed by atoms with Crippen LogP contribution in [0.1, 0.15) is 42.7 Å². The molecule has 0 aliphatic carbocycles. The van der Waals surface area contributed by atoms with Crippen LogP contribution in [0.25, 0.3) is 5.65 Å². The lowest BCUT2D eigenvalue weighted by Crippen LogP contribution is -2.22. The number of hydrogen-bond acceptors (Lipinski definition) is 3. The number of carbonyl (C=O) groups is 1. The van der Waals surface area contributed by atoms with Gasteiger partial charge in [-0.05, 0) is 30.5 Å². The van der Waals surface area contributed by atoms with Crippen LogP contribution in [0.15, 0.2) is 24.5 Å². The largest absolute Gasteiger partial charge is 0.476 e. The topological polar surface area (TPSA) is 78.4 Å². The molecule has 2 heterocycles. The van der Waals surface area contributed by atoms with Crippen LogP contribution in [0, 0.1) is 11.3 Å². The molecule has 0 spiro atoms. The first-order valence-corrected chi connectivity index (χ1v) is 6.20. The molecule has 0 aromatic carbocycles. The van der Waals surface area contributed by atoms with Crippen molar-refractivity contribution in [2.45, 2.75) is 32.1 Å². The zero-order chi connectivity index (χ0) is 14.0. The molecule has 2 aromatic heterocycles. The quantitative estimate of drug-likeness (QED) is 0.913. The maximum Gasteiger partial charge on any atom is 0.356 e. The van der Waals surface area contributed by atoms with Crippen LogP contribution >= 0.6 is 0 Å². The SMILES string of the molecule is CCC(C#N)(CC)c1ccn2cc(C(=O)O)nc2c1. The van der Waals surface area contributed by atoms with Gasteiger partial charge in [-0.3, -0.25) is 0 Å². The minimum Gasteiger partial charge on any atom is -0.476 e. The van der Waals surface area contributed by atoms with Gasteiger partial charge in [0, 0.05) is 12.4 Å². The van der Waals surface area contributed by atoms with Gasteiger partial charge in [0.05, 0.1) is 11.5 Å². The number of carboxylic acids is 1. The van der Waals surface area contributed by atoms with E-state index in [9.17, 15) is 10.1 Å². The summed E-state index contributed by atoms with van der Waals surface area (Å²) in [5, 5.41) is 18.3. The Morgan fingerprint density at radius 2 is 2.21 bits per heavy atom. The van der Waals surface area contributed by atoms with Crippen LogP contribution in [-0.2, 0) is 5.41 Å². The number of imidazole rings is 1. The zero-order valence-electron chi connectivity index (χ0n) is 10.9. The van der Waals surface area contributed by atoms with E-state index in [0.717, 1.165) is 5.56 Å². The predicted octanol–water partition coefficient (Wildman–Crippen LogP) is 2.61. The number of carboxylic acid groups (broad SMARTS) is 1. The molecule has 98 valence electrons. The lowest BCUT2D eigenvalue weighted by atomic mass is 9.78. The van der Waals surface area contributed by atoms with Crippen molar-refractivity contribution in [1.82, 2.24) is 9.38 Å². The number of fused-ring (bicyclic) bond motifs is 1. The molecular weight excluding hydrogens is 242 g/mol. The monoisotopic (exact) mass is 257 g/mol. The van der Waals surface area contributed by atoms with E-state index in [-0.39, 0.29) is 5.69 Å². The van der Waals surface area contributed by atoms with E-state index in [2.05, 4.69) is 11.1 Å². The molecule has 5 heteroatoms. The van der Waals surface area contributed by atoms with Crippen molar-refractivity contribution in [1.29, 1.82) is 5.26 Å². The summed E-state index contributed by atoms with van der Waals surface area (Å²) in [4.78, 5) is 14.9. The highest BCUT2D eigenvalue weighted by molar-refractivity contribution is 5.86. The summed E-state index contributed by atoms with van der Waals surface area (Å²) in [6.07, 6.45) is 4.64. The van der Waals surface area contributed by atoms with E-state index in [4.69, 9.17) is 5.11 Å². The van der Waals surface area contributed by atoms with Gasteiger partial charge in [0.1, 0.15) is 5.65 Å². The molecule has 0 fully saturated rings. The molecule has 0 aliphatic heterocycles. The van der Waals surface area contributed by atoms with Crippen molar-refractivity contribution in [2.75, 3.05) is 0 Å². The van der Waals surface area contributed by atoms with Gasteiger partial charge < -0.3 is 9.51 Å². The minimum atomic E-state index is -1.05. The minimum absolute atomic E-state index is 0.00713. The number of nitrogens with zero attached hydrogens (tertiary/aromatic N) is 3. The number of nitriles is 1. The van der Waals surface area contributed by atoms with E-state index in [0.29, 0.717) is 18.5 Å². The van der Waals surface area contributed by atoms with Gasteiger partial charge in [0.2, 0.25) is 0 Å². The predicted molar refractivity (Wildman–Crippen MR) is 70.0 cm³/mol. The fraction of sp³-hybridized carbons (Fsp3) is 0.357. The molecule has 0 radical (unpaired) electrons. The second-order valence-electron chi connectivity index (χ2n) is 4.51. The molecule has 0 bridgehead atoms. The van der Waals surface area contributed by atoms with Crippen molar-refractivity contribution in [3.05, 3.63) is 35.8 Å². The van der Waals surface area contributed by atoms with Gasteiger partial charge in [-0.15, -0.1) is 0 Å². The Balaban J connectivity index is 2.58. The van der Waals surface area contributed by atoms with Gasteiger partial charge >= 0.3 is 5.97 Å². The fourth-order valence-electron chi connectivity index (χ4n) is 2.26. The number of hydrogen-bond donors (Lipinski definition) is 1. The zero-order valence-corrected chi connectivity index (χ0v) is 10.9. The van der Waals surface area contributed by atoms with Crippen LogP contribution in [0.5, 0.6) is 0 Å². The van der Waals surface area contributed by atoms with Gasteiger partial charge in [-0.1, -0.05) is 13.8 Å². The second-order valence-corrected chi connectivity index (χ2v) is 4.51. The average Bonchev–Trinajstić information content (AvgIpc) is 2.85. The van der Waals surface area contributed by atoms with Crippen molar-refractivity contribution in [3.63, 3.8) is 0 Å². The second kappa shape index (κ2) is 4.73. The van der Waals surface area contributed by atoms with E-state index < -0.39 is 11.4 Å². The Morgan fingerprint density at radius 3 is 2.74 bits per heavy atom. The summed E-state index contributed by atoms with van der Waals surface area (Å²) in [5.41, 5.74) is 0.913. The molecular formula is C14H15N3O2. The first-order chi connectivity index (χ1) is 9.06. The molecule has 2 aromatic rings. The van der Waals surface area contributed by atoms with Crippen molar-refractivity contribution >= 4 is 11.6 Å². The molecule has 1 N–H and O–H groups in total. The number of pyridine rings is 1. The van der Waals surface area contributed by atoms with Crippen molar-refractivity contribution in [3.8, 4) is 6.07 Å². The maximum atomic E-state index is 10.9. The van der Waals surface area contributed by atoms with E-state index >= 15 is 0 Å². The fourth-order valence-corrected chi connectivity index (χ4v) is 2.26. The molecule has 19 heavy (non-hydrogen) atoms. The van der Waals surface area contributed by atoms with E-state index in [1.54, 1.807) is 16.7 Å². The van der Waals surface area contributed by atoms with Crippen molar-refractivity contribution < 1.29 is 9.90 Å². The third-order valence-corrected chi connectivity index (χ3v) is 3.65. The van der Waals surface area contributed by atoms with Gasteiger partial charge in [0.15, 0.2) is 5.69 Å². The summed E-state index contributed by atoms with van der Waals surface area (Å²) >= 11 is 0. The highest BCUT2D eigenvalue weighted by Crippen LogP contribution is 2.31. The third-order valence-electron chi connectivity index (χ3n) is 3.65. The van der Waals surface area contributed by atoms with Crippen LogP contribution in [-0.4, -0.2) is 20.5 Å². The summed E-state index contributed by atoms with van der Waals surface area (Å²) in [5.74, 6) is -1.05. The lowest BCUT2D eigenvalue weighted by molar-refractivity contribution is 0.0691. The Kier molecular flexibility index (Phi) is 3.26. The number of aromatic nitrogens is 2. The standard InChI is InChI=1S/C14H15N3O2/c1-3-14(4-2,9-15)10-5-6-17-8-11(13(18)19)16-12(17)7-10/h5-8H,3-4H2,1-2H3,(H,18,19). The van der Waals surface area contributed by atoms with Crippen LogP contribution in [0.3, 0.4) is 0 Å². The van der Waals surface area contributed by atoms with Crippen LogP contribution < -0.4 is 0 Å². The van der Waals surface area contributed by atoms with E-state index in [1.807, 2.05) is 19.9 Å². The van der Waals surface area contributed by atoms with Gasteiger partial charge in [-0.25, -0.2) is 9.78 Å². The molecule has 2 rings (SSSR count). The number of rotatable bonds is 4. The van der Waals surface area contributed by atoms with Gasteiger partial charge in [0.25, 0.3) is 0 Å². The average molecular weight is 257 g/mol. The summed E-state index contributed by atoms with van der Waals surface area (Å²) in [6.45, 7) is 3.95.